The zero-order valence-electron chi connectivity index (χ0n) is 14.3. The number of benzene rings is 1. The van der Waals surface area contributed by atoms with E-state index in [1.807, 2.05) is 0 Å². The van der Waals surface area contributed by atoms with Gasteiger partial charge in [-0.3, -0.25) is 14.9 Å². The fraction of sp³-hybridized carbons (Fsp3) is 0.533. The first-order valence-electron chi connectivity index (χ1n) is 7.66. The number of rotatable bonds is 10. The molecular weight excluding hydrogens is 352 g/mol. The second kappa shape index (κ2) is 8.77. The van der Waals surface area contributed by atoms with Gasteiger partial charge in [-0.2, -0.15) is 0 Å². The van der Waals surface area contributed by atoms with Crippen molar-refractivity contribution in [2.45, 2.75) is 44.0 Å². The Labute approximate surface area is 146 Å². The Kier molecular flexibility index (Phi) is 7.31. The molecule has 0 bridgehead atoms. The highest BCUT2D eigenvalue weighted by Gasteiger charge is 2.24. The number of aliphatic carboxylic acids is 1. The lowest BCUT2D eigenvalue weighted by Crippen LogP contribution is -2.33. The number of nitro benzene ring substituents is 1. The summed E-state index contributed by atoms with van der Waals surface area (Å²) in [4.78, 5) is 20.7. The van der Waals surface area contributed by atoms with Gasteiger partial charge >= 0.3 is 5.97 Å². The van der Waals surface area contributed by atoms with E-state index in [0.717, 1.165) is 18.2 Å². The molecule has 0 amide bonds. The molecule has 0 saturated heterocycles. The fourth-order valence-corrected chi connectivity index (χ4v) is 3.66. The Morgan fingerprint density at radius 2 is 2.00 bits per heavy atom. The first kappa shape index (κ1) is 20.8. The van der Waals surface area contributed by atoms with Crippen LogP contribution >= 0.6 is 0 Å². The SMILES string of the molecule is COc1cc([N+](=O)[O-])ccc1S(=O)(=O)N[C@@H](C)CCC[C@@H](C)C(=O)O. The molecule has 1 rings (SSSR count). The number of carboxylic acid groups (broad SMARTS) is 1. The lowest BCUT2D eigenvalue weighted by molar-refractivity contribution is -0.385. The van der Waals surface area contributed by atoms with Crippen molar-refractivity contribution in [3.05, 3.63) is 28.3 Å². The van der Waals surface area contributed by atoms with Crippen LogP contribution in [0, 0.1) is 16.0 Å². The van der Waals surface area contributed by atoms with Crippen LogP contribution in [0.25, 0.3) is 0 Å². The largest absolute Gasteiger partial charge is 0.495 e. The third-order valence-electron chi connectivity index (χ3n) is 3.70. The van der Waals surface area contributed by atoms with E-state index in [1.54, 1.807) is 13.8 Å². The van der Waals surface area contributed by atoms with Gasteiger partial charge in [0, 0.05) is 12.1 Å². The van der Waals surface area contributed by atoms with E-state index in [1.165, 1.54) is 7.11 Å². The zero-order valence-corrected chi connectivity index (χ0v) is 15.1. The number of hydrogen-bond acceptors (Lipinski definition) is 6. The number of sulfonamides is 1. The molecule has 0 aliphatic carbocycles. The second-order valence-electron chi connectivity index (χ2n) is 5.78. The van der Waals surface area contributed by atoms with Gasteiger partial charge in [-0.1, -0.05) is 13.3 Å². The Morgan fingerprint density at radius 1 is 1.36 bits per heavy atom. The normalized spacial score (nSPS) is 13.9. The molecule has 2 atom stereocenters. The minimum absolute atomic E-state index is 0.117. The van der Waals surface area contributed by atoms with Gasteiger partial charge in [-0.05, 0) is 25.8 Å². The maximum atomic E-state index is 12.5. The molecule has 0 spiro atoms. The van der Waals surface area contributed by atoms with Gasteiger partial charge in [0.25, 0.3) is 5.69 Å². The van der Waals surface area contributed by atoms with Crippen LogP contribution in [0.15, 0.2) is 23.1 Å². The number of ether oxygens (including phenoxy) is 1. The number of nitrogens with one attached hydrogen (secondary N) is 1. The van der Waals surface area contributed by atoms with Crippen LogP contribution in [0.2, 0.25) is 0 Å². The highest BCUT2D eigenvalue weighted by molar-refractivity contribution is 7.89. The molecule has 0 aromatic heterocycles. The van der Waals surface area contributed by atoms with E-state index < -0.39 is 32.9 Å². The number of hydrogen-bond donors (Lipinski definition) is 2. The van der Waals surface area contributed by atoms with Crippen LogP contribution in [0.4, 0.5) is 5.69 Å². The third kappa shape index (κ3) is 5.98. The quantitative estimate of drug-likeness (QED) is 0.473. The topological polar surface area (TPSA) is 136 Å². The summed E-state index contributed by atoms with van der Waals surface area (Å²) in [6.45, 7) is 3.26. The van der Waals surface area contributed by atoms with Crippen LogP contribution in [-0.2, 0) is 14.8 Å². The average molecular weight is 374 g/mol. The molecule has 25 heavy (non-hydrogen) atoms. The predicted molar refractivity (Wildman–Crippen MR) is 90.1 cm³/mol. The molecule has 140 valence electrons. The molecule has 9 nitrogen and oxygen atoms in total. The Morgan fingerprint density at radius 3 is 2.52 bits per heavy atom. The minimum atomic E-state index is -3.93. The highest BCUT2D eigenvalue weighted by atomic mass is 32.2. The maximum Gasteiger partial charge on any atom is 0.306 e. The summed E-state index contributed by atoms with van der Waals surface area (Å²) in [6.07, 6.45) is 1.46. The van der Waals surface area contributed by atoms with Crippen LogP contribution in [0.5, 0.6) is 5.75 Å². The Balaban J connectivity index is 2.81. The first-order valence-corrected chi connectivity index (χ1v) is 9.14. The summed E-state index contributed by atoms with van der Waals surface area (Å²) in [5.74, 6) is -1.49. The summed E-state index contributed by atoms with van der Waals surface area (Å²) in [5.41, 5.74) is -0.272. The monoisotopic (exact) mass is 374 g/mol. The molecule has 0 saturated carbocycles. The van der Waals surface area contributed by atoms with E-state index in [0.29, 0.717) is 19.3 Å². The summed E-state index contributed by atoms with van der Waals surface area (Å²) in [6, 6.07) is 2.84. The first-order chi connectivity index (χ1) is 11.6. The Bertz CT molecular complexity index is 733. The number of nitro groups is 1. The van der Waals surface area contributed by atoms with Crippen molar-refractivity contribution in [3.63, 3.8) is 0 Å². The van der Waals surface area contributed by atoms with Gasteiger partial charge in [0.05, 0.1) is 24.0 Å². The molecule has 1 aromatic carbocycles. The van der Waals surface area contributed by atoms with Gasteiger partial charge < -0.3 is 9.84 Å². The van der Waals surface area contributed by atoms with Crippen molar-refractivity contribution in [1.82, 2.24) is 4.72 Å². The molecule has 1 aromatic rings. The van der Waals surface area contributed by atoms with Gasteiger partial charge in [-0.25, -0.2) is 13.1 Å². The summed E-state index contributed by atoms with van der Waals surface area (Å²) < 4.78 is 32.3. The van der Waals surface area contributed by atoms with E-state index in [4.69, 9.17) is 9.84 Å². The van der Waals surface area contributed by atoms with Gasteiger partial charge in [-0.15, -0.1) is 0 Å². The lowest BCUT2D eigenvalue weighted by Gasteiger charge is -2.16. The number of non-ortho nitro benzene ring substituents is 1. The molecular formula is C15H22N2O7S. The van der Waals surface area contributed by atoms with Crippen LogP contribution in [0.3, 0.4) is 0 Å². The molecule has 0 fully saturated rings. The van der Waals surface area contributed by atoms with Crippen molar-refractivity contribution in [2.24, 2.45) is 5.92 Å². The van der Waals surface area contributed by atoms with Gasteiger partial charge in [0.2, 0.25) is 10.0 Å². The van der Waals surface area contributed by atoms with E-state index in [9.17, 15) is 23.3 Å². The average Bonchev–Trinajstić information content (AvgIpc) is 2.53. The third-order valence-corrected chi connectivity index (χ3v) is 5.33. The van der Waals surface area contributed by atoms with E-state index >= 15 is 0 Å². The number of methoxy groups -OCH3 is 1. The van der Waals surface area contributed by atoms with Crippen LogP contribution in [-0.4, -0.2) is 37.6 Å². The zero-order chi connectivity index (χ0) is 19.2. The molecule has 0 aliphatic heterocycles. The summed E-state index contributed by atoms with van der Waals surface area (Å²) in [7, 11) is -2.69. The van der Waals surface area contributed by atoms with Crippen molar-refractivity contribution in [1.29, 1.82) is 0 Å². The summed E-state index contributed by atoms with van der Waals surface area (Å²) in [5, 5.41) is 19.6. The van der Waals surface area contributed by atoms with Gasteiger partial charge in [0.15, 0.2) is 0 Å². The fourth-order valence-electron chi connectivity index (χ4n) is 2.23. The molecule has 10 heteroatoms. The molecule has 0 heterocycles. The predicted octanol–water partition coefficient (Wildman–Crippen LogP) is 2.16. The molecule has 2 N–H and O–H groups in total. The van der Waals surface area contributed by atoms with Gasteiger partial charge in [0.1, 0.15) is 10.6 Å². The van der Waals surface area contributed by atoms with Crippen molar-refractivity contribution in [3.8, 4) is 5.75 Å². The number of carbonyl (C=O) groups is 1. The Hall–Kier alpha value is -2.20. The van der Waals surface area contributed by atoms with Crippen molar-refractivity contribution in [2.75, 3.05) is 7.11 Å². The number of nitrogens with zero attached hydrogens (tertiary/aromatic N) is 1. The molecule has 0 radical (unpaired) electrons. The number of carboxylic acids is 1. The van der Waals surface area contributed by atoms with E-state index in [-0.39, 0.29) is 16.3 Å². The maximum absolute atomic E-state index is 12.5. The second-order valence-corrected chi connectivity index (χ2v) is 7.47. The van der Waals surface area contributed by atoms with Crippen molar-refractivity contribution >= 4 is 21.7 Å². The minimum Gasteiger partial charge on any atom is -0.495 e. The summed E-state index contributed by atoms with van der Waals surface area (Å²) >= 11 is 0. The van der Waals surface area contributed by atoms with Crippen molar-refractivity contribution < 1.29 is 28.0 Å². The standard InChI is InChI=1S/C15H22N2O7S/c1-10(15(18)19)5-4-6-11(2)16-25(22,23)14-8-7-12(17(20)21)9-13(14)24-3/h7-11,16H,4-6H2,1-3H3,(H,18,19)/t10-,11+/m1/s1. The smallest absolute Gasteiger partial charge is 0.306 e. The van der Waals surface area contributed by atoms with Crippen LogP contribution < -0.4 is 9.46 Å². The van der Waals surface area contributed by atoms with Crippen LogP contribution in [0.1, 0.15) is 33.1 Å². The highest BCUT2D eigenvalue weighted by Crippen LogP contribution is 2.28. The van der Waals surface area contributed by atoms with E-state index in [2.05, 4.69) is 4.72 Å². The molecule has 0 aliphatic rings. The molecule has 0 unspecified atom stereocenters. The lowest BCUT2D eigenvalue weighted by atomic mass is 10.0.